The van der Waals surface area contributed by atoms with Gasteiger partial charge in [0.2, 0.25) is 0 Å². The molecule has 0 radical (unpaired) electrons. The second-order valence-corrected chi connectivity index (χ2v) is 46.8. The molecule has 18 aromatic rings. The molecule has 0 saturated heterocycles. The molecule has 4 aliphatic heterocycles. The van der Waals surface area contributed by atoms with Gasteiger partial charge in [-0.25, -0.2) is 0 Å². The third-order valence-electron chi connectivity index (χ3n) is 32.0. The summed E-state index contributed by atoms with van der Waals surface area (Å²) in [5.74, 6) is 4.81. The fraction of sp³-hybridized carbons (Fsp3) is 0.250. The maximum absolute atomic E-state index is 8.43. The van der Waals surface area contributed by atoms with Crippen molar-refractivity contribution >= 4 is 107 Å². The van der Waals surface area contributed by atoms with Crippen molar-refractivity contribution in [2.75, 3.05) is 4.90 Å². The largest absolute Gasteiger partial charge is 0.458 e. The molecule has 0 atom stereocenters. The summed E-state index contributed by atoms with van der Waals surface area (Å²) >= 11 is 0. The van der Waals surface area contributed by atoms with E-state index in [-0.39, 0.29) is 56.7 Å². The second kappa shape index (κ2) is 30.0. The molecule has 6 aliphatic rings. The van der Waals surface area contributed by atoms with Gasteiger partial charge in [0, 0.05) is 55.2 Å². The van der Waals surface area contributed by atoms with Gasteiger partial charge < -0.3 is 28.2 Å². The Labute approximate surface area is 803 Å². The second-order valence-electron chi connectivity index (χ2n) is 46.8. The predicted octanol–water partition coefficient (Wildman–Crippen LogP) is 30.9. The standard InChI is InChI=1S/C128H119B2N3O3/c1-121(2,3)84-45-55-103-92(71-84)93-72-85(122(4,5)6)46-56-104(93)131(103)88-49-52-98-108(75-88)133(102-54-44-79(76-32-24-21-25-33-76)64-91(102)77-34-26-22-27-35-77)109-65-82(68-112-118(109)129(98)101-53-59-107(115(120(101)136-112)78-36-28-23-29-37-78)132-105-57-47-86(123(7,8)9)73-94(105)95-74-87(124(10,11)12)48-58-106(95)132)83-69-113-119-114(70-83)135-111-67-81(90-39-31-41-97-117(90)128(19,20)63-61-126(97,15)16)43-51-100(111)130(119)99-50-42-80(66-110(99)134-113)89-38-30-40-96-116(89)127(17,18)62-60-125(96,13)14/h21-59,64-75H,60-63H2,1-20H3. The number of benzene rings is 16. The minimum Gasteiger partial charge on any atom is -0.458 e. The predicted molar refractivity (Wildman–Crippen MR) is 577 cm³/mol. The van der Waals surface area contributed by atoms with Gasteiger partial charge in [0.05, 0.1) is 33.4 Å². The van der Waals surface area contributed by atoms with E-state index >= 15 is 0 Å². The summed E-state index contributed by atoms with van der Waals surface area (Å²) in [6.07, 6.45) is 4.46. The van der Waals surface area contributed by atoms with Crippen molar-refractivity contribution < 1.29 is 14.2 Å². The highest BCUT2D eigenvalue weighted by molar-refractivity contribution is 7.00. The summed E-state index contributed by atoms with van der Waals surface area (Å²) in [5.41, 5.74) is 40.1. The lowest BCUT2D eigenvalue weighted by Crippen LogP contribution is -2.59. The first-order valence-corrected chi connectivity index (χ1v) is 49.5. The molecular formula is C128H119B2N3O3. The molecule has 6 nitrogen and oxygen atoms in total. The molecule has 2 aromatic heterocycles. The topological polar surface area (TPSA) is 40.8 Å². The molecule has 0 spiro atoms. The monoisotopic (exact) mass is 1770 g/mol. The molecule has 6 heterocycles. The number of rotatable bonds is 9. The van der Waals surface area contributed by atoms with Crippen molar-refractivity contribution in [1.29, 1.82) is 0 Å². The zero-order chi connectivity index (χ0) is 93.9. The Morgan fingerprint density at radius 2 is 0.654 bits per heavy atom. The van der Waals surface area contributed by atoms with Gasteiger partial charge in [-0.05, 0) is 312 Å². The normalized spacial score (nSPS) is 15.8. The summed E-state index contributed by atoms with van der Waals surface area (Å²) in [6, 6.07) is 119. The van der Waals surface area contributed by atoms with E-state index in [1.807, 2.05) is 0 Å². The van der Waals surface area contributed by atoms with Gasteiger partial charge >= 0.3 is 0 Å². The van der Waals surface area contributed by atoms with Gasteiger partial charge in [0.15, 0.2) is 0 Å². The van der Waals surface area contributed by atoms with Gasteiger partial charge in [0.25, 0.3) is 13.4 Å². The smallest absolute Gasteiger partial charge is 0.260 e. The molecule has 2 aliphatic carbocycles. The van der Waals surface area contributed by atoms with Crippen molar-refractivity contribution in [2.45, 2.75) is 207 Å². The molecule has 0 amide bonds. The Bertz CT molecular complexity index is 7810. The number of anilines is 3. The molecule has 670 valence electrons. The highest BCUT2D eigenvalue weighted by atomic mass is 16.5. The average Bonchev–Trinajstić information content (AvgIpc) is 0.984. The van der Waals surface area contributed by atoms with Crippen molar-refractivity contribution in [3.63, 3.8) is 0 Å². The third-order valence-corrected chi connectivity index (χ3v) is 32.0. The van der Waals surface area contributed by atoms with Crippen LogP contribution in [0.1, 0.15) is 209 Å². The lowest BCUT2D eigenvalue weighted by Gasteiger charge is -2.43. The van der Waals surface area contributed by atoms with Crippen LogP contribution in [0, 0.1) is 0 Å². The van der Waals surface area contributed by atoms with Crippen molar-refractivity contribution in [1.82, 2.24) is 9.13 Å². The van der Waals surface area contributed by atoms with E-state index in [1.165, 1.54) is 77.2 Å². The number of hydrogen-bond donors (Lipinski definition) is 0. The van der Waals surface area contributed by atoms with Crippen LogP contribution in [0.25, 0.3) is 122 Å². The first kappa shape index (κ1) is 85.4. The van der Waals surface area contributed by atoms with E-state index in [0.717, 1.165) is 199 Å². The number of fused-ring (bicyclic) bond motifs is 16. The molecule has 16 aromatic carbocycles. The lowest BCUT2D eigenvalue weighted by molar-refractivity contribution is 0.333. The van der Waals surface area contributed by atoms with Crippen molar-refractivity contribution in [3.8, 4) is 113 Å². The zero-order valence-electron chi connectivity index (χ0n) is 82.5. The quantitative estimate of drug-likeness (QED) is 0.135. The molecule has 0 unspecified atom stereocenters. The molecule has 8 heteroatoms. The van der Waals surface area contributed by atoms with Crippen LogP contribution in [0.4, 0.5) is 17.1 Å². The van der Waals surface area contributed by atoms with Gasteiger partial charge in [-0.1, -0.05) is 333 Å². The van der Waals surface area contributed by atoms with E-state index in [0.29, 0.717) is 0 Å². The molecule has 136 heavy (non-hydrogen) atoms. The molecular weight excluding hydrogens is 1650 g/mol. The summed E-state index contributed by atoms with van der Waals surface area (Å²) in [4.78, 5) is 2.62. The summed E-state index contributed by atoms with van der Waals surface area (Å²) in [6.45, 7) is 46.9. The van der Waals surface area contributed by atoms with Crippen LogP contribution in [0.15, 0.2) is 309 Å². The third kappa shape index (κ3) is 13.5. The number of nitrogens with zero attached hydrogens (tertiary/aromatic N) is 3. The van der Waals surface area contributed by atoms with E-state index in [1.54, 1.807) is 0 Å². The SMILES string of the molecule is CC(C)(C)c1ccc2c(c1)c1cc(C(C)(C)C)ccc1n2-c1ccc2c(c1)N(c1ccc(-c3ccccc3)cc1-c1ccccc1)c1cc(-c3cc4c5c(c3)Oc3cc(-c6cccc7c6C(C)(C)CCC7(C)C)ccc3B5c3ccc(-c5cccc6c5C(C)(C)CCC6(C)C)cc3O4)cc3c1B2c1ccc(-n2c4ccc(C(C)(C)C)cc4c4cc(C(C)(C)C)ccc42)c(-c2ccccc2)c1O3. The Hall–Kier alpha value is -13.6. The van der Waals surface area contributed by atoms with Gasteiger partial charge in [0.1, 0.15) is 34.5 Å². The first-order chi connectivity index (χ1) is 64.9. The van der Waals surface area contributed by atoms with Crippen LogP contribution in [-0.4, -0.2) is 22.6 Å². The maximum atomic E-state index is 8.43. The molecule has 0 saturated carbocycles. The highest BCUT2D eigenvalue weighted by Gasteiger charge is 2.48. The van der Waals surface area contributed by atoms with Crippen molar-refractivity contribution in [2.24, 2.45) is 0 Å². The first-order valence-electron chi connectivity index (χ1n) is 49.5. The van der Waals surface area contributed by atoms with Crippen LogP contribution in [0.5, 0.6) is 34.5 Å². The summed E-state index contributed by atoms with van der Waals surface area (Å²) in [7, 11) is 0. The average molecular weight is 1770 g/mol. The maximum Gasteiger partial charge on any atom is 0.260 e. The fourth-order valence-corrected chi connectivity index (χ4v) is 24.2. The van der Waals surface area contributed by atoms with E-state index in [4.69, 9.17) is 14.2 Å². The molecule has 24 rings (SSSR count). The lowest BCUT2D eigenvalue weighted by atomic mass is 9.34. The Morgan fingerprint density at radius 3 is 1.13 bits per heavy atom. The van der Waals surface area contributed by atoms with Crippen LogP contribution in [0.3, 0.4) is 0 Å². The van der Waals surface area contributed by atoms with Crippen LogP contribution in [0.2, 0.25) is 0 Å². The summed E-state index contributed by atoms with van der Waals surface area (Å²) in [5, 5.41) is 4.93. The zero-order valence-corrected chi connectivity index (χ0v) is 82.5. The van der Waals surface area contributed by atoms with E-state index in [9.17, 15) is 0 Å². The van der Waals surface area contributed by atoms with Crippen molar-refractivity contribution in [3.05, 3.63) is 354 Å². The fourth-order valence-electron chi connectivity index (χ4n) is 24.2. The Morgan fingerprint density at radius 1 is 0.257 bits per heavy atom. The highest BCUT2D eigenvalue weighted by Crippen LogP contribution is 2.57. The van der Waals surface area contributed by atoms with Gasteiger partial charge in [-0.2, -0.15) is 0 Å². The summed E-state index contributed by atoms with van der Waals surface area (Å²) < 4.78 is 29.2. The number of ether oxygens (including phenoxy) is 3. The minimum atomic E-state index is -0.362. The Kier molecular flexibility index (Phi) is 18.8. The Balaban J connectivity index is 0.795. The van der Waals surface area contributed by atoms with Crippen LogP contribution >= 0.6 is 0 Å². The van der Waals surface area contributed by atoms with E-state index in [2.05, 4.69) is 462 Å². The number of aromatic nitrogens is 2. The number of hydrogen-bond acceptors (Lipinski definition) is 4. The molecule has 0 N–H and O–H groups in total. The van der Waals surface area contributed by atoms with Crippen LogP contribution in [-0.2, 0) is 43.3 Å². The van der Waals surface area contributed by atoms with E-state index < -0.39 is 0 Å². The van der Waals surface area contributed by atoms with Gasteiger partial charge in [-0.15, -0.1) is 0 Å². The molecule has 0 fully saturated rings. The van der Waals surface area contributed by atoms with Gasteiger partial charge in [-0.3, -0.25) is 0 Å². The van der Waals surface area contributed by atoms with Crippen LogP contribution < -0.4 is 51.9 Å². The molecule has 0 bridgehead atoms. The minimum absolute atomic E-state index is 0.0219.